The van der Waals surface area contributed by atoms with Gasteiger partial charge in [-0.3, -0.25) is 0 Å². The Balaban J connectivity index is 1.71. The van der Waals surface area contributed by atoms with Gasteiger partial charge in [0.2, 0.25) is 0 Å². The molecule has 5 nitrogen and oxygen atoms in total. The van der Waals surface area contributed by atoms with E-state index in [0.717, 1.165) is 26.3 Å². The molecule has 2 heterocycles. The lowest BCUT2D eigenvalue weighted by atomic mass is 10.1. The van der Waals surface area contributed by atoms with E-state index in [2.05, 4.69) is 0 Å². The molecule has 0 aliphatic heterocycles. The third-order valence-electron chi connectivity index (χ3n) is 4.50. The Labute approximate surface area is 171 Å². The van der Waals surface area contributed by atoms with E-state index >= 15 is 0 Å². The number of thiophene rings is 1. The van der Waals surface area contributed by atoms with Gasteiger partial charge in [0.05, 0.1) is 19.3 Å². The summed E-state index contributed by atoms with van der Waals surface area (Å²) in [4.78, 5) is 25.9. The van der Waals surface area contributed by atoms with Crippen molar-refractivity contribution in [3.8, 4) is 26.6 Å². The van der Waals surface area contributed by atoms with Gasteiger partial charge in [0.1, 0.15) is 11.3 Å². The number of fused-ring (bicyclic) bond motifs is 1. The number of hydrogen-bond donors (Lipinski definition) is 0. The van der Waals surface area contributed by atoms with Crippen LogP contribution in [0.3, 0.4) is 0 Å². The van der Waals surface area contributed by atoms with E-state index < -0.39 is 5.63 Å². The van der Waals surface area contributed by atoms with E-state index in [0.29, 0.717) is 23.5 Å². The van der Waals surface area contributed by atoms with Crippen LogP contribution in [0.2, 0.25) is 0 Å². The zero-order chi connectivity index (χ0) is 20.4. The smallest absolute Gasteiger partial charge is 0.338 e. The molecule has 2 aromatic carbocycles. The van der Waals surface area contributed by atoms with Crippen LogP contribution in [0.15, 0.2) is 69.9 Å². The quantitative estimate of drug-likeness (QED) is 0.329. The number of ether oxygens (including phenoxy) is 2. The molecule has 0 radical (unpaired) electrons. The van der Waals surface area contributed by atoms with Gasteiger partial charge < -0.3 is 13.9 Å². The molecule has 146 valence electrons. The molecule has 0 saturated heterocycles. The summed E-state index contributed by atoms with van der Waals surface area (Å²) in [5, 5.41) is 0.844. The molecule has 2 aromatic heterocycles. The van der Waals surface area contributed by atoms with Crippen LogP contribution in [0.4, 0.5) is 0 Å². The number of benzene rings is 2. The van der Waals surface area contributed by atoms with Gasteiger partial charge in [0.15, 0.2) is 0 Å². The first-order valence-electron chi connectivity index (χ1n) is 9.08. The molecule has 0 aliphatic carbocycles. The van der Waals surface area contributed by atoms with E-state index in [9.17, 15) is 9.59 Å². The average molecular weight is 406 g/mol. The van der Waals surface area contributed by atoms with Crippen molar-refractivity contribution in [3.05, 3.63) is 76.6 Å². The first-order chi connectivity index (χ1) is 14.1. The number of carbonyl (C=O) groups excluding carboxylic acids is 1. The number of esters is 1. The molecule has 4 rings (SSSR count). The summed E-state index contributed by atoms with van der Waals surface area (Å²) in [6.45, 7) is 2.13. The second-order valence-electron chi connectivity index (χ2n) is 6.30. The summed E-state index contributed by atoms with van der Waals surface area (Å²) in [6, 6.07) is 18.2. The average Bonchev–Trinajstić information content (AvgIpc) is 3.23. The van der Waals surface area contributed by atoms with Gasteiger partial charge >= 0.3 is 11.6 Å². The first kappa shape index (κ1) is 19.0. The number of rotatable bonds is 5. The van der Waals surface area contributed by atoms with Crippen molar-refractivity contribution in [3.63, 3.8) is 0 Å². The van der Waals surface area contributed by atoms with Crippen LogP contribution in [0.5, 0.6) is 5.75 Å². The van der Waals surface area contributed by atoms with Crippen molar-refractivity contribution < 1.29 is 18.7 Å². The lowest BCUT2D eigenvalue weighted by Crippen LogP contribution is -2.03. The van der Waals surface area contributed by atoms with E-state index in [1.807, 2.05) is 36.4 Å². The van der Waals surface area contributed by atoms with Crippen molar-refractivity contribution in [2.24, 2.45) is 0 Å². The monoisotopic (exact) mass is 406 g/mol. The molecule has 0 amide bonds. The van der Waals surface area contributed by atoms with E-state index in [-0.39, 0.29) is 5.97 Å². The third-order valence-corrected chi connectivity index (χ3v) is 5.67. The predicted molar refractivity (Wildman–Crippen MR) is 114 cm³/mol. The minimum absolute atomic E-state index is 0.330. The van der Waals surface area contributed by atoms with Crippen LogP contribution < -0.4 is 10.4 Å². The fraction of sp³-hybridized carbons (Fsp3) is 0.130. The van der Waals surface area contributed by atoms with E-state index in [1.54, 1.807) is 43.6 Å². The first-order valence-corrected chi connectivity index (χ1v) is 9.90. The van der Waals surface area contributed by atoms with Crippen LogP contribution in [0.25, 0.3) is 31.9 Å². The maximum Gasteiger partial charge on any atom is 0.338 e. The topological polar surface area (TPSA) is 65.7 Å². The molecular weight excluding hydrogens is 388 g/mol. The zero-order valence-corrected chi connectivity index (χ0v) is 16.7. The lowest BCUT2D eigenvalue weighted by Gasteiger charge is -2.05. The van der Waals surface area contributed by atoms with Crippen molar-refractivity contribution in [1.82, 2.24) is 0 Å². The van der Waals surface area contributed by atoms with Crippen molar-refractivity contribution in [1.29, 1.82) is 0 Å². The van der Waals surface area contributed by atoms with Crippen molar-refractivity contribution in [2.45, 2.75) is 6.92 Å². The summed E-state index contributed by atoms with van der Waals surface area (Å²) in [6.07, 6.45) is 0. The molecule has 0 saturated carbocycles. The molecule has 0 fully saturated rings. The van der Waals surface area contributed by atoms with Gasteiger partial charge in [-0.1, -0.05) is 12.1 Å². The molecule has 0 aliphatic rings. The molecule has 0 unspecified atom stereocenters. The van der Waals surface area contributed by atoms with Crippen molar-refractivity contribution >= 4 is 28.3 Å². The fourth-order valence-corrected chi connectivity index (χ4v) is 4.14. The Kier molecular flexibility index (Phi) is 5.18. The summed E-state index contributed by atoms with van der Waals surface area (Å²) in [5.41, 5.74) is 2.41. The molecule has 0 atom stereocenters. The SMILES string of the molecule is CCOC(=O)c1ccc(-c2ccc(-c3cc(=O)oc4cc(OC)ccc34)s2)cc1. The van der Waals surface area contributed by atoms with Crippen LogP contribution in [-0.4, -0.2) is 19.7 Å². The normalized spacial score (nSPS) is 10.8. The van der Waals surface area contributed by atoms with Gasteiger partial charge in [0.25, 0.3) is 0 Å². The van der Waals surface area contributed by atoms with Crippen LogP contribution in [0, 0.1) is 0 Å². The second kappa shape index (κ2) is 7.93. The number of hydrogen-bond acceptors (Lipinski definition) is 6. The number of carbonyl (C=O) groups is 1. The highest BCUT2D eigenvalue weighted by molar-refractivity contribution is 7.18. The van der Waals surface area contributed by atoms with Crippen LogP contribution in [0.1, 0.15) is 17.3 Å². The molecule has 0 spiro atoms. The molecule has 0 N–H and O–H groups in total. The Bertz CT molecular complexity index is 1230. The maximum absolute atomic E-state index is 12.1. The maximum atomic E-state index is 12.1. The largest absolute Gasteiger partial charge is 0.497 e. The predicted octanol–water partition coefficient (Wildman–Crippen LogP) is 5.37. The lowest BCUT2D eigenvalue weighted by molar-refractivity contribution is 0.0526. The fourth-order valence-electron chi connectivity index (χ4n) is 3.10. The molecule has 6 heteroatoms. The molecule has 4 aromatic rings. The second-order valence-corrected chi connectivity index (χ2v) is 7.39. The van der Waals surface area contributed by atoms with Gasteiger partial charge in [-0.25, -0.2) is 9.59 Å². The highest BCUT2D eigenvalue weighted by atomic mass is 32.1. The van der Waals surface area contributed by atoms with Crippen molar-refractivity contribution in [2.75, 3.05) is 13.7 Å². The summed E-state index contributed by atoms with van der Waals surface area (Å²) in [5.74, 6) is 0.301. The summed E-state index contributed by atoms with van der Waals surface area (Å²) >= 11 is 1.57. The van der Waals surface area contributed by atoms with E-state index in [4.69, 9.17) is 13.9 Å². The van der Waals surface area contributed by atoms with Gasteiger partial charge in [0, 0.05) is 32.8 Å². The highest BCUT2D eigenvalue weighted by Crippen LogP contribution is 2.37. The zero-order valence-electron chi connectivity index (χ0n) is 15.9. The Morgan fingerprint density at radius 1 is 1.00 bits per heavy atom. The van der Waals surface area contributed by atoms with E-state index in [1.165, 1.54) is 6.07 Å². The summed E-state index contributed by atoms with van der Waals surface area (Å²) < 4.78 is 15.6. The Morgan fingerprint density at radius 2 is 1.76 bits per heavy atom. The molecule has 29 heavy (non-hydrogen) atoms. The van der Waals surface area contributed by atoms with Gasteiger partial charge in [-0.15, -0.1) is 11.3 Å². The standard InChI is InChI=1S/C23H18O5S/c1-3-27-23(25)15-6-4-14(5-7-15)20-10-11-21(29-20)18-13-22(24)28-19-12-16(26-2)8-9-17(18)19/h4-13H,3H2,1-2H3. The Hall–Kier alpha value is -3.38. The summed E-state index contributed by atoms with van der Waals surface area (Å²) in [7, 11) is 1.57. The van der Waals surface area contributed by atoms with Crippen LogP contribution in [-0.2, 0) is 4.74 Å². The van der Waals surface area contributed by atoms with Gasteiger partial charge in [-0.05, 0) is 48.9 Å². The number of methoxy groups -OCH3 is 1. The molecular formula is C23H18O5S. The molecule has 0 bridgehead atoms. The minimum Gasteiger partial charge on any atom is -0.497 e. The highest BCUT2D eigenvalue weighted by Gasteiger charge is 2.13. The third kappa shape index (κ3) is 3.79. The minimum atomic E-state index is -0.408. The Morgan fingerprint density at radius 3 is 2.48 bits per heavy atom. The van der Waals surface area contributed by atoms with Crippen LogP contribution >= 0.6 is 11.3 Å². The van der Waals surface area contributed by atoms with Gasteiger partial charge in [-0.2, -0.15) is 0 Å².